The fourth-order valence-corrected chi connectivity index (χ4v) is 1.97. The molecule has 6 nitrogen and oxygen atoms in total. The summed E-state index contributed by atoms with van der Waals surface area (Å²) < 4.78 is 4.98. The molecule has 1 saturated carbocycles. The normalized spacial score (nSPS) is 16.1. The first-order valence-electron chi connectivity index (χ1n) is 6.95. The second kappa shape index (κ2) is 6.17. The second-order valence-corrected chi connectivity index (χ2v) is 5.53. The molecule has 1 fully saturated rings. The van der Waals surface area contributed by atoms with Crippen LogP contribution in [0.3, 0.4) is 0 Å². The number of ether oxygens (including phenoxy) is 1. The first-order valence-corrected chi connectivity index (χ1v) is 6.95. The first-order chi connectivity index (χ1) is 9.52. The zero-order chi connectivity index (χ0) is 14.7. The smallest absolute Gasteiger partial charge is 0.240 e. The largest absolute Gasteiger partial charge is 0.480 e. The van der Waals surface area contributed by atoms with Gasteiger partial charge < -0.3 is 15.4 Å². The number of carbonyl (C=O) groups excluding carboxylic acids is 1. The number of methoxy groups -OCH3 is 1. The maximum Gasteiger partial charge on any atom is 0.240 e. The lowest BCUT2D eigenvalue weighted by Gasteiger charge is -2.26. The lowest BCUT2D eigenvalue weighted by atomic mass is 10.0. The van der Waals surface area contributed by atoms with Gasteiger partial charge in [0.15, 0.2) is 0 Å². The molecule has 2 N–H and O–H groups in total. The lowest BCUT2D eigenvalue weighted by molar-refractivity contribution is -0.134. The standard InChI is InChI=1S/C14H22N4O2/c1-9(2)13(15)14(19)18(11-5-6-11)8-10-4-7-12(20-3)17-16-10/h4,7,9,11,13H,5-6,8,15H2,1-3H3/t13-/m0/s1. The molecule has 6 heteroatoms. The Labute approximate surface area is 119 Å². The highest BCUT2D eigenvalue weighted by Gasteiger charge is 2.35. The number of rotatable bonds is 6. The van der Waals surface area contributed by atoms with Crippen LogP contribution in [0, 0.1) is 5.92 Å². The predicted molar refractivity (Wildman–Crippen MR) is 75.0 cm³/mol. The van der Waals surface area contributed by atoms with Crippen molar-refractivity contribution in [1.82, 2.24) is 15.1 Å². The van der Waals surface area contributed by atoms with E-state index in [1.807, 2.05) is 24.8 Å². The molecular weight excluding hydrogens is 256 g/mol. The van der Waals surface area contributed by atoms with E-state index in [1.165, 1.54) is 0 Å². The highest BCUT2D eigenvalue weighted by atomic mass is 16.5. The van der Waals surface area contributed by atoms with Crippen molar-refractivity contribution in [3.63, 3.8) is 0 Å². The third-order valence-electron chi connectivity index (χ3n) is 3.51. The molecule has 1 aromatic rings. The molecule has 110 valence electrons. The van der Waals surface area contributed by atoms with Gasteiger partial charge in [-0.1, -0.05) is 13.8 Å². The summed E-state index contributed by atoms with van der Waals surface area (Å²) in [6, 6.07) is 3.42. The molecule has 1 heterocycles. The minimum atomic E-state index is -0.457. The highest BCUT2D eigenvalue weighted by Crippen LogP contribution is 2.29. The van der Waals surface area contributed by atoms with Crippen molar-refractivity contribution in [3.05, 3.63) is 17.8 Å². The molecule has 0 aromatic carbocycles. The van der Waals surface area contributed by atoms with E-state index in [4.69, 9.17) is 10.5 Å². The van der Waals surface area contributed by atoms with Crippen LogP contribution in [-0.4, -0.2) is 40.2 Å². The molecular formula is C14H22N4O2. The first kappa shape index (κ1) is 14.7. The van der Waals surface area contributed by atoms with Gasteiger partial charge in [-0.3, -0.25) is 4.79 Å². The van der Waals surface area contributed by atoms with Crippen molar-refractivity contribution in [1.29, 1.82) is 0 Å². The molecule has 1 aliphatic rings. The molecule has 0 bridgehead atoms. The summed E-state index contributed by atoms with van der Waals surface area (Å²) in [4.78, 5) is 14.3. The molecule has 0 spiro atoms. The Balaban J connectivity index is 2.07. The number of nitrogens with zero attached hydrogens (tertiary/aromatic N) is 3. The minimum absolute atomic E-state index is 0.000109. The van der Waals surface area contributed by atoms with E-state index >= 15 is 0 Å². The second-order valence-electron chi connectivity index (χ2n) is 5.53. The van der Waals surface area contributed by atoms with Gasteiger partial charge in [-0.2, -0.15) is 5.10 Å². The summed E-state index contributed by atoms with van der Waals surface area (Å²) in [6.45, 7) is 4.38. The predicted octanol–water partition coefficient (Wildman–Crippen LogP) is 0.959. The number of nitrogens with two attached hydrogens (primary N) is 1. The van der Waals surface area contributed by atoms with Crippen molar-refractivity contribution >= 4 is 5.91 Å². The van der Waals surface area contributed by atoms with E-state index in [9.17, 15) is 4.79 Å². The average Bonchev–Trinajstić information content (AvgIpc) is 3.28. The minimum Gasteiger partial charge on any atom is -0.480 e. The van der Waals surface area contributed by atoms with Gasteiger partial charge in [0.05, 0.1) is 25.4 Å². The van der Waals surface area contributed by atoms with Crippen LogP contribution in [0.5, 0.6) is 5.88 Å². The Kier molecular flexibility index (Phi) is 4.54. The van der Waals surface area contributed by atoms with Gasteiger partial charge in [-0.15, -0.1) is 5.10 Å². The Morgan fingerprint density at radius 3 is 2.60 bits per heavy atom. The monoisotopic (exact) mass is 278 g/mol. The molecule has 20 heavy (non-hydrogen) atoms. The molecule has 0 unspecified atom stereocenters. The molecule has 0 radical (unpaired) electrons. The van der Waals surface area contributed by atoms with E-state index in [2.05, 4.69) is 10.2 Å². The van der Waals surface area contributed by atoms with Gasteiger partial charge in [0.1, 0.15) is 0 Å². The van der Waals surface area contributed by atoms with Crippen molar-refractivity contribution in [2.24, 2.45) is 11.7 Å². The molecule has 0 saturated heterocycles. The molecule has 1 aromatic heterocycles. The van der Waals surface area contributed by atoms with E-state index in [1.54, 1.807) is 13.2 Å². The number of hydrogen-bond donors (Lipinski definition) is 1. The van der Waals surface area contributed by atoms with Crippen LogP contribution in [-0.2, 0) is 11.3 Å². The summed E-state index contributed by atoms with van der Waals surface area (Å²) in [5, 5.41) is 8.00. The maximum absolute atomic E-state index is 12.4. The van der Waals surface area contributed by atoms with Crippen LogP contribution in [0.4, 0.5) is 0 Å². The van der Waals surface area contributed by atoms with Crippen molar-refractivity contribution in [2.45, 2.75) is 45.3 Å². The Bertz CT molecular complexity index is 457. The molecule has 1 aliphatic carbocycles. The van der Waals surface area contributed by atoms with Crippen LogP contribution in [0.2, 0.25) is 0 Å². The third kappa shape index (κ3) is 3.45. The van der Waals surface area contributed by atoms with Gasteiger partial charge in [0.25, 0.3) is 0 Å². The Morgan fingerprint density at radius 1 is 1.45 bits per heavy atom. The van der Waals surface area contributed by atoms with Crippen LogP contribution < -0.4 is 10.5 Å². The fraction of sp³-hybridized carbons (Fsp3) is 0.643. The van der Waals surface area contributed by atoms with Crippen molar-refractivity contribution < 1.29 is 9.53 Å². The van der Waals surface area contributed by atoms with Crippen LogP contribution in [0.1, 0.15) is 32.4 Å². The van der Waals surface area contributed by atoms with Gasteiger partial charge >= 0.3 is 0 Å². The summed E-state index contributed by atoms with van der Waals surface area (Å²) in [6.07, 6.45) is 2.08. The lowest BCUT2D eigenvalue weighted by Crippen LogP contribution is -2.47. The molecule has 2 rings (SSSR count). The zero-order valence-electron chi connectivity index (χ0n) is 12.2. The molecule has 0 aliphatic heterocycles. The Morgan fingerprint density at radius 2 is 2.15 bits per heavy atom. The quantitative estimate of drug-likeness (QED) is 0.838. The van der Waals surface area contributed by atoms with E-state index < -0.39 is 6.04 Å². The number of aromatic nitrogens is 2. The summed E-state index contributed by atoms with van der Waals surface area (Å²) >= 11 is 0. The summed E-state index contributed by atoms with van der Waals surface area (Å²) in [5.74, 6) is 0.600. The van der Waals surface area contributed by atoms with Crippen LogP contribution in [0.15, 0.2) is 12.1 Å². The van der Waals surface area contributed by atoms with Crippen LogP contribution >= 0.6 is 0 Å². The maximum atomic E-state index is 12.4. The number of amides is 1. The highest BCUT2D eigenvalue weighted by molar-refractivity contribution is 5.82. The fourth-order valence-electron chi connectivity index (χ4n) is 1.97. The summed E-state index contributed by atoms with van der Waals surface area (Å²) in [5.41, 5.74) is 6.73. The SMILES string of the molecule is COc1ccc(CN(C(=O)[C@@H](N)C(C)C)C2CC2)nn1. The van der Waals surface area contributed by atoms with Crippen molar-refractivity contribution in [3.8, 4) is 5.88 Å². The molecule has 1 amide bonds. The third-order valence-corrected chi connectivity index (χ3v) is 3.51. The van der Waals surface area contributed by atoms with E-state index in [0.717, 1.165) is 18.5 Å². The van der Waals surface area contributed by atoms with E-state index in [0.29, 0.717) is 18.5 Å². The van der Waals surface area contributed by atoms with Gasteiger partial charge in [-0.25, -0.2) is 0 Å². The van der Waals surface area contributed by atoms with E-state index in [-0.39, 0.29) is 11.8 Å². The van der Waals surface area contributed by atoms with Crippen molar-refractivity contribution in [2.75, 3.05) is 7.11 Å². The number of hydrogen-bond acceptors (Lipinski definition) is 5. The zero-order valence-corrected chi connectivity index (χ0v) is 12.2. The van der Waals surface area contributed by atoms with Gasteiger partial charge in [0, 0.05) is 12.1 Å². The number of carbonyl (C=O) groups is 1. The molecule has 1 atom stereocenters. The Hall–Kier alpha value is -1.69. The van der Waals surface area contributed by atoms with Gasteiger partial charge in [0.2, 0.25) is 11.8 Å². The topological polar surface area (TPSA) is 81.3 Å². The van der Waals surface area contributed by atoms with Crippen LogP contribution in [0.25, 0.3) is 0 Å². The summed E-state index contributed by atoms with van der Waals surface area (Å²) in [7, 11) is 1.55. The van der Waals surface area contributed by atoms with Gasteiger partial charge in [-0.05, 0) is 24.8 Å². The average molecular weight is 278 g/mol.